The first-order valence-corrected chi connectivity index (χ1v) is 4.81. The van der Waals surface area contributed by atoms with E-state index in [9.17, 15) is 9.59 Å². The molecular weight excluding hydrogens is 198 g/mol. The zero-order valence-electron chi connectivity index (χ0n) is 9.70. The third kappa shape index (κ3) is 6.90. The van der Waals surface area contributed by atoms with Gasteiger partial charge in [0.15, 0.2) is 0 Å². The van der Waals surface area contributed by atoms with Crippen LogP contribution in [-0.2, 0) is 19.1 Å². The van der Waals surface area contributed by atoms with Gasteiger partial charge in [0.1, 0.15) is 11.6 Å². The molecule has 0 aliphatic carbocycles. The van der Waals surface area contributed by atoms with Crippen LogP contribution in [0.4, 0.5) is 0 Å². The Hall–Kier alpha value is -1.10. The summed E-state index contributed by atoms with van der Waals surface area (Å²) in [5.41, 5.74) is 4.99. The standard InChI is InChI=1S/C10H19NO4/c1-10(2,3)15-9(13)7(11)5-6-8(12)14-4/h7H,5-6,11H2,1-4H3. The second-order valence-electron chi connectivity index (χ2n) is 4.25. The number of hydrogen-bond acceptors (Lipinski definition) is 5. The van der Waals surface area contributed by atoms with Gasteiger partial charge in [-0.2, -0.15) is 0 Å². The Labute approximate surface area is 89.9 Å². The summed E-state index contributed by atoms with van der Waals surface area (Å²) in [7, 11) is 1.29. The molecule has 0 rings (SSSR count). The van der Waals surface area contributed by atoms with Crippen molar-refractivity contribution < 1.29 is 19.1 Å². The fourth-order valence-electron chi connectivity index (χ4n) is 0.871. The van der Waals surface area contributed by atoms with Crippen molar-refractivity contribution in [2.75, 3.05) is 7.11 Å². The topological polar surface area (TPSA) is 78.6 Å². The van der Waals surface area contributed by atoms with Gasteiger partial charge in [-0.1, -0.05) is 0 Å². The zero-order valence-corrected chi connectivity index (χ0v) is 9.70. The molecule has 0 aromatic heterocycles. The quantitative estimate of drug-likeness (QED) is 0.698. The Bertz CT molecular complexity index is 232. The molecule has 0 radical (unpaired) electrons. The van der Waals surface area contributed by atoms with E-state index < -0.39 is 17.6 Å². The number of esters is 2. The van der Waals surface area contributed by atoms with Gasteiger partial charge in [-0.25, -0.2) is 0 Å². The maximum Gasteiger partial charge on any atom is 0.323 e. The van der Waals surface area contributed by atoms with Crippen molar-refractivity contribution in [2.45, 2.75) is 45.3 Å². The molecule has 5 heteroatoms. The summed E-state index contributed by atoms with van der Waals surface area (Å²) in [5, 5.41) is 0. The van der Waals surface area contributed by atoms with E-state index in [1.54, 1.807) is 20.8 Å². The van der Waals surface area contributed by atoms with Crippen LogP contribution in [0, 0.1) is 0 Å². The molecule has 88 valence electrons. The van der Waals surface area contributed by atoms with Crippen LogP contribution in [0.25, 0.3) is 0 Å². The SMILES string of the molecule is COC(=O)CCC(N)C(=O)OC(C)(C)C. The van der Waals surface area contributed by atoms with Crippen molar-refractivity contribution in [3.8, 4) is 0 Å². The fourth-order valence-corrected chi connectivity index (χ4v) is 0.871. The van der Waals surface area contributed by atoms with Crippen molar-refractivity contribution in [3.63, 3.8) is 0 Å². The van der Waals surface area contributed by atoms with E-state index in [0.29, 0.717) is 0 Å². The van der Waals surface area contributed by atoms with Crippen LogP contribution in [0.5, 0.6) is 0 Å². The lowest BCUT2D eigenvalue weighted by molar-refractivity contribution is -0.156. The maximum absolute atomic E-state index is 11.4. The summed E-state index contributed by atoms with van der Waals surface area (Å²) in [4.78, 5) is 22.2. The lowest BCUT2D eigenvalue weighted by atomic mass is 10.1. The first kappa shape index (κ1) is 13.9. The molecule has 2 N–H and O–H groups in total. The summed E-state index contributed by atoms with van der Waals surface area (Å²) in [6.07, 6.45) is 0.360. The molecular formula is C10H19NO4. The summed E-state index contributed by atoms with van der Waals surface area (Å²) >= 11 is 0. The molecule has 0 bridgehead atoms. The predicted molar refractivity (Wildman–Crippen MR) is 55.1 cm³/mol. The van der Waals surface area contributed by atoms with Gasteiger partial charge in [0.2, 0.25) is 0 Å². The van der Waals surface area contributed by atoms with Gasteiger partial charge in [-0.3, -0.25) is 9.59 Å². The summed E-state index contributed by atoms with van der Waals surface area (Å²) in [5.74, 6) is -0.875. The number of carbonyl (C=O) groups is 2. The number of nitrogens with two attached hydrogens (primary N) is 1. The first-order chi connectivity index (χ1) is 6.76. The van der Waals surface area contributed by atoms with Crippen LogP contribution < -0.4 is 5.73 Å². The zero-order chi connectivity index (χ0) is 12.1. The molecule has 0 fully saturated rings. The molecule has 15 heavy (non-hydrogen) atoms. The molecule has 0 aliphatic heterocycles. The average molecular weight is 217 g/mol. The van der Waals surface area contributed by atoms with Gasteiger partial charge < -0.3 is 15.2 Å². The largest absolute Gasteiger partial charge is 0.469 e. The van der Waals surface area contributed by atoms with Gasteiger partial charge in [0.25, 0.3) is 0 Å². The fraction of sp³-hybridized carbons (Fsp3) is 0.800. The Morgan fingerprint density at radius 1 is 1.33 bits per heavy atom. The maximum atomic E-state index is 11.4. The van der Waals surface area contributed by atoms with E-state index in [0.717, 1.165) is 0 Å². The highest BCUT2D eigenvalue weighted by Crippen LogP contribution is 2.09. The van der Waals surface area contributed by atoms with Crippen LogP contribution in [0.2, 0.25) is 0 Å². The minimum atomic E-state index is -0.775. The molecule has 0 aliphatic rings. The smallest absolute Gasteiger partial charge is 0.323 e. The van der Waals surface area contributed by atoms with Crippen molar-refractivity contribution >= 4 is 11.9 Å². The Morgan fingerprint density at radius 3 is 2.27 bits per heavy atom. The monoisotopic (exact) mass is 217 g/mol. The normalized spacial score (nSPS) is 13.1. The van der Waals surface area contributed by atoms with E-state index in [-0.39, 0.29) is 18.8 Å². The van der Waals surface area contributed by atoms with E-state index in [1.807, 2.05) is 0 Å². The molecule has 0 saturated heterocycles. The van der Waals surface area contributed by atoms with Crippen LogP contribution >= 0.6 is 0 Å². The van der Waals surface area contributed by atoms with Crippen molar-refractivity contribution in [3.05, 3.63) is 0 Å². The van der Waals surface area contributed by atoms with Crippen LogP contribution in [-0.4, -0.2) is 30.7 Å². The minimum Gasteiger partial charge on any atom is -0.469 e. The second kappa shape index (κ2) is 5.70. The molecule has 0 heterocycles. The van der Waals surface area contributed by atoms with Crippen LogP contribution in [0.1, 0.15) is 33.6 Å². The number of carbonyl (C=O) groups excluding carboxylic acids is 2. The highest BCUT2D eigenvalue weighted by atomic mass is 16.6. The van der Waals surface area contributed by atoms with E-state index in [2.05, 4.69) is 4.74 Å². The van der Waals surface area contributed by atoms with Crippen molar-refractivity contribution in [2.24, 2.45) is 5.73 Å². The highest BCUT2D eigenvalue weighted by Gasteiger charge is 2.22. The number of rotatable bonds is 4. The second-order valence-corrected chi connectivity index (χ2v) is 4.25. The Balaban J connectivity index is 3.95. The predicted octanol–water partition coefficient (Wildman–Crippen LogP) is 0.609. The van der Waals surface area contributed by atoms with Gasteiger partial charge in [-0.15, -0.1) is 0 Å². The van der Waals surface area contributed by atoms with Crippen LogP contribution in [0.15, 0.2) is 0 Å². The number of hydrogen-bond donors (Lipinski definition) is 1. The Morgan fingerprint density at radius 2 is 1.87 bits per heavy atom. The summed E-state index contributed by atoms with van der Waals surface area (Å²) < 4.78 is 9.48. The molecule has 0 amide bonds. The molecule has 0 aromatic carbocycles. The molecule has 0 aromatic rings. The molecule has 5 nitrogen and oxygen atoms in total. The minimum absolute atomic E-state index is 0.122. The lowest BCUT2D eigenvalue weighted by Gasteiger charge is -2.21. The average Bonchev–Trinajstić information content (AvgIpc) is 2.10. The van der Waals surface area contributed by atoms with Crippen LogP contribution in [0.3, 0.4) is 0 Å². The Kier molecular flexibility index (Phi) is 5.28. The molecule has 0 spiro atoms. The van der Waals surface area contributed by atoms with E-state index in [1.165, 1.54) is 7.11 Å². The van der Waals surface area contributed by atoms with Crippen molar-refractivity contribution in [1.82, 2.24) is 0 Å². The van der Waals surface area contributed by atoms with Gasteiger partial charge in [0.05, 0.1) is 7.11 Å². The van der Waals surface area contributed by atoms with Gasteiger partial charge >= 0.3 is 11.9 Å². The van der Waals surface area contributed by atoms with Gasteiger partial charge in [-0.05, 0) is 27.2 Å². The molecule has 0 saturated carbocycles. The molecule has 1 unspecified atom stereocenters. The lowest BCUT2D eigenvalue weighted by Crippen LogP contribution is -2.37. The van der Waals surface area contributed by atoms with E-state index in [4.69, 9.17) is 10.5 Å². The van der Waals surface area contributed by atoms with Crippen molar-refractivity contribution in [1.29, 1.82) is 0 Å². The third-order valence-electron chi connectivity index (χ3n) is 1.60. The van der Waals surface area contributed by atoms with E-state index >= 15 is 0 Å². The third-order valence-corrected chi connectivity index (χ3v) is 1.60. The summed E-state index contributed by atoms with van der Waals surface area (Å²) in [6, 6.07) is -0.775. The highest BCUT2D eigenvalue weighted by molar-refractivity contribution is 5.77. The molecule has 1 atom stereocenters. The number of ether oxygens (including phenoxy) is 2. The number of methoxy groups -OCH3 is 1. The summed E-state index contributed by atoms with van der Waals surface area (Å²) in [6.45, 7) is 5.29. The first-order valence-electron chi connectivity index (χ1n) is 4.81. The van der Waals surface area contributed by atoms with Gasteiger partial charge in [0, 0.05) is 6.42 Å².